The van der Waals surface area contributed by atoms with Crippen LogP contribution in [0.4, 0.5) is 15.8 Å². The van der Waals surface area contributed by atoms with Gasteiger partial charge in [0.05, 0.1) is 16.9 Å². The third-order valence-electron chi connectivity index (χ3n) is 2.61. The van der Waals surface area contributed by atoms with Gasteiger partial charge in [-0.25, -0.2) is 12.8 Å². The number of halogens is 2. The molecule has 0 spiro atoms. The molecule has 0 radical (unpaired) electrons. The van der Waals surface area contributed by atoms with Crippen molar-refractivity contribution >= 4 is 37.3 Å². The Kier molecular flexibility index (Phi) is 4.16. The summed E-state index contributed by atoms with van der Waals surface area (Å²) in [5.41, 5.74) is 5.70. The summed E-state index contributed by atoms with van der Waals surface area (Å²) in [5, 5.41) is 8.99. The van der Waals surface area contributed by atoms with E-state index >= 15 is 0 Å². The largest absolute Gasteiger partial charge is 0.398 e. The number of nitrogens with two attached hydrogens (primary N) is 1. The topological polar surface area (TPSA) is 96.0 Å². The fourth-order valence-electron chi connectivity index (χ4n) is 1.64. The van der Waals surface area contributed by atoms with E-state index in [2.05, 4.69) is 20.7 Å². The number of benzene rings is 2. The van der Waals surface area contributed by atoms with Gasteiger partial charge in [0.1, 0.15) is 16.8 Å². The molecule has 3 N–H and O–H groups in total. The highest BCUT2D eigenvalue weighted by molar-refractivity contribution is 9.10. The smallest absolute Gasteiger partial charge is 0.264 e. The van der Waals surface area contributed by atoms with Crippen molar-refractivity contribution in [3.63, 3.8) is 0 Å². The number of rotatable bonds is 3. The zero-order valence-electron chi connectivity index (χ0n) is 10.5. The number of nitrogens with one attached hydrogen (secondary N) is 1. The van der Waals surface area contributed by atoms with Gasteiger partial charge in [-0.1, -0.05) is 15.9 Å². The van der Waals surface area contributed by atoms with Crippen molar-refractivity contribution in [1.82, 2.24) is 0 Å². The van der Waals surface area contributed by atoms with Gasteiger partial charge in [-0.05, 0) is 36.4 Å². The van der Waals surface area contributed by atoms with Gasteiger partial charge in [-0.15, -0.1) is 0 Å². The Hall–Kier alpha value is -2.11. The summed E-state index contributed by atoms with van der Waals surface area (Å²) in [5.74, 6) is -0.723. The highest BCUT2D eigenvalue weighted by Gasteiger charge is 2.20. The molecule has 21 heavy (non-hydrogen) atoms. The average molecular weight is 370 g/mol. The summed E-state index contributed by atoms with van der Waals surface area (Å²) in [7, 11) is -4.10. The summed E-state index contributed by atoms with van der Waals surface area (Å²) < 4.78 is 40.6. The number of anilines is 2. The number of hydrogen-bond donors (Lipinski definition) is 2. The second-order valence-electron chi connectivity index (χ2n) is 4.09. The van der Waals surface area contributed by atoms with Crippen LogP contribution in [-0.4, -0.2) is 8.42 Å². The maximum atomic E-state index is 13.2. The molecule has 8 heteroatoms. The minimum Gasteiger partial charge on any atom is -0.398 e. The lowest BCUT2D eigenvalue weighted by Crippen LogP contribution is -2.16. The fourth-order valence-corrected chi connectivity index (χ4v) is 3.21. The molecule has 2 aromatic rings. The van der Waals surface area contributed by atoms with E-state index in [4.69, 9.17) is 11.0 Å². The molecule has 0 saturated carbocycles. The van der Waals surface area contributed by atoms with Crippen molar-refractivity contribution in [3.8, 4) is 6.07 Å². The standard InChI is InChI=1S/C13H9BrFN3O2S/c14-9-2-1-8(7-16)12(5-9)18-21(19,20)13-6-10(15)3-4-11(13)17/h1-6,18H,17H2. The molecule has 108 valence electrons. The van der Waals surface area contributed by atoms with Gasteiger partial charge in [0, 0.05) is 4.47 Å². The van der Waals surface area contributed by atoms with E-state index < -0.39 is 15.8 Å². The molecule has 5 nitrogen and oxygen atoms in total. The first kappa shape index (κ1) is 15.3. The molecule has 0 aliphatic heterocycles. The Morgan fingerprint density at radius 3 is 2.62 bits per heavy atom. The highest BCUT2D eigenvalue weighted by Crippen LogP contribution is 2.26. The van der Waals surface area contributed by atoms with Crippen molar-refractivity contribution in [3.05, 3.63) is 52.3 Å². The quantitative estimate of drug-likeness (QED) is 0.812. The molecule has 0 heterocycles. The molecule has 0 aliphatic carbocycles. The summed E-state index contributed by atoms with van der Waals surface area (Å²) in [4.78, 5) is -0.383. The van der Waals surface area contributed by atoms with Crippen molar-refractivity contribution in [2.24, 2.45) is 0 Å². The molecule has 0 aliphatic rings. The van der Waals surface area contributed by atoms with Crippen molar-refractivity contribution in [2.75, 3.05) is 10.5 Å². The minimum atomic E-state index is -4.10. The first-order valence-corrected chi connectivity index (χ1v) is 7.88. The van der Waals surface area contributed by atoms with Crippen LogP contribution in [0.2, 0.25) is 0 Å². The second-order valence-corrected chi connectivity index (χ2v) is 6.66. The lowest BCUT2D eigenvalue weighted by atomic mass is 10.2. The first-order valence-electron chi connectivity index (χ1n) is 5.61. The number of sulfonamides is 1. The predicted molar refractivity (Wildman–Crippen MR) is 80.5 cm³/mol. The molecule has 2 rings (SSSR count). The van der Waals surface area contributed by atoms with Crippen molar-refractivity contribution in [2.45, 2.75) is 4.90 Å². The van der Waals surface area contributed by atoms with Crippen LogP contribution in [0.15, 0.2) is 45.8 Å². The third kappa shape index (κ3) is 3.32. The lowest BCUT2D eigenvalue weighted by molar-refractivity contribution is 0.596. The maximum Gasteiger partial charge on any atom is 0.264 e. The summed E-state index contributed by atoms with van der Waals surface area (Å²) in [6.07, 6.45) is 0. The molecule has 0 amide bonds. The zero-order valence-corrected chi connectivity index (χ0v) is 12.9. The van der Waals surface area contributed by atoms with Crippen LogP contribution in [0.25, 0.3) is 0 Å². The third-order valence-corrected chi connectivity index (χ3v) is 4.53. The van der Waals surface area contributed by atoms with E-state index in [-0.39, 0.29) is 21.8 Å². The Bertz CT molecular complexity index is 847. The van der Waals surface area contributed by atoms with Crippen LogP contribution < -0.4 is 10.5 Å². The summed E-state index contributed by atoms with van der Waals surface area (Å²) in [6.45, 7) is 0. The minimum absolute atomic E-state index is 0.0792. The Labute approximate surface area is 129 Å². The Morgan fingerprint density at radius 1 is 1.24 bits per heavy atom. The van der Waals surface area contributed by atoms with E-state index in [0.717, 1.165) is 18.2 Å². The van der Waals surface area contributed by atoms with Gasteiger partial charge in [0.15, 0.2) is 0 Å². The molecule has 0 fully saturated rings. The molecule has 0 atom stereocenters. The SMILES string of the molecule is N#Cc1ccc(Br)cc1NS(=O)(=O)c1cc(F)ccc1N. The molecule has 0 bridgehead atoms. The predicted octanol–water partition coefficient (Wildman–Crippen LogP) is 2.84. The van der Waals surface area contributed by atoms with Crippen molar-refractivity contribution in [1.29, 1.82) is 5.26 Å². The lowest BCUT2D eigenvalue weighted by Gasteiger charge is -2.11. The molecule has 0 unspecified atom stereocenters. The monoisotopic (exact) mass is 369 g/mol. The average Bonchev–Trinajstić information content (AvgIpc) is 2.41. The normalized spacial score (nSPS) is 10.9. The maximum absolute atomic E-state index is 13.2. The molecule has 0 saturated heterocycles. The molecular weight excluding hydrogens is 361 g/mol. The number of nitriles is 1. The van der Waals surface area contributed by atoms with Gasteiger partial charge in [0.25, 0.3) is 10.0 Å². The Morgan fingerprint density at radius 2 is 1.95 bits per heavy atom. The highest BCUT2D eigenvalue weighted by atomic mass is 79.9. The molecular formula is C13H9BrFN3O2S. The molecule has 0 aromatic heterocycles. The van der Waals surface area contributed by atoms with Crippen LogP contribution in [0.1, 0.15) is 5.56 Å². The zero-order chi connectivity index (χ0) is 15.6. The summed E-state index contributed by atoms with van der Waals surface area (Å²) >= 11 is 3.19. The van der Waals surface area contributed by atoms with E-state index in [1.165, 1.54) is 12.1 Å². The van der Waals surface area contributed by atoms with E-state index in [9.17, 15) is 12.8 Å². The van der Waals surface area contributed by atoms with Crippen molar-refractivity contribution < 1.29 is 12.8 Å². The van der Waals surface area contributed by atoms with Gasteiger partial charge in [-0.3, -0.25) is 4.72 Å². The Balaban J connectivity index is 2.50. The van der Waals surface area contributed by atoms with Crippen LogP contribution in [0, 0.1) is 17.1 Å². The van der Waals surface area contributed by atoms with Crippen LogP contribution >= 0.6 is 15.9 Å². The molecule has 2 aromatic carbocycles. The number of hydrogen-bond acceptors (Lipinski definition) is 4. The van der Waals surface area contributed by atoms with Gasteiger partial charge >= 0.3 is 0 Å². The number of nitrogens with zero attached hydrogens (tertiary/aromatic N) is 1. The van der Waals surface area contributed by atoms with E-state index in [1.807, 2.05) is 6.07 Å². The van der Waals surface area contributed by atoms with E-state index in [0.29, 0.717) is 4.47 Å². The van der Waals surface area contributed by atoms with Gasteiger partial charge < -0.3 is 5.73 Å². The summed E-state index contributed by atoms with van der Waals surface area (Å²) in [6, 6.07) is 9.41. The first-order chi connectivity index (χ1) is 9.83. The van der Waals surface area contributed by atoms with Crippen LogP contribution in [0.3, 0.4) is 0 Å². The van der Waals surface area contributed by atoms with Crippen LogP contribution in [0.5, 0.6) is 0 Å². The van der Waals surface area contributed by atoms with Gasteiger partial charge in [-0.2, -0.15) is 5.26 Å². The van der Waals surface area contributed by atoms with Gasteiger partial charge in [0.2, 0.25) is 0 Å². The fraction of sp³-hybridized carbons (Fsp3) is 0. The van der Waals surface area contributed by atoms with E-state index in [1.54, 1.807) is 6.07 Å². The van der Waals surface area contributed by atoms with Crippen LogP contribution in [-0.2, 0) is 10.0 Å². The second kappa shape index (κ2) is 5.71. The number of nitrogen functional groups attached to an aromatic ring is 1.